The van der Waals surface area contributed by atoms with Gasteiger partial charge in [0.05, 0.1) is 23.7 Å². The molecule has 0 aromatic heterocycles. The van der Waals surface area contributed by atoms with Gasteiger partial charge in [-0.1, -0.05) is 97.8 Å². The van der Waals surface area contributed by atoms with Crippen LogP contribution in [0, 0.1) is 12.8 Å². The third-order valence-corrected chi connectivity index (χ3v) is 11.2. The van der Waals surface area contributed by atoms with Crippen LogP contribution >= 0.6 is 0 Å². The average Bonchev–Trinajstić information content (AvgIpc) is 3.13. The van der Waals surface area contributed by atoms with E-state index in [0.29, 0.717) is 5.69 Å². The number of amides is 1. The minimum Gasteiger partial charge on any atom is -0.392 e. The topological polar surface area (TPSA) is 117 Å². The molecule has 1 amide bonds. The summed E-state index contributed by atoms with van der Waals surface area (Å²) in [5, 5.41) is 12.6. The molecule has 0 aliphatic carbocycles. The molecule has 0 bridgehead atoms. The van der Waals surface area contributed by atoms with E-state index in [1.165, 1.54) is 31.4 Å². The summed E-state index contributed by atoms with van der Waals surface area (Å²) in [6.45, 7) is 6.92. The molecular formula is C40H47N3O6S. The number of hydrogen-bond acceptors (Lipinski definition) is 7. The lowest BCUT2D eigenvalue weighted by Crippen LogP contribution is -2.45. The summed E-state index contributed by atoms with van der Waals surface area (Å²) in [5.41, 5.74) is 4.86. The zero-order valence-corrected chi connectivity index (χ0v) is 29.5. The van der Waals surface area contributed by atoms with Crippen LogP contribution < -0.4 is 10.0 Å². The number of rotatable bonds is 12. The van der Waals surface area contributed by atoms with Crippen molar-refractivity contribution in [2.75, 3.05) is 25.0 Å². The molecule has 2 aliphatic heterocycles. The normalized spacial score (nSPS) is 22.1. The third kappa shape index (κ3) is 9.06. The van der Waals surface area contributed by atoms with Gasteiger partial charge in [0.25, 0.3) is 0 Å². The Morgan fingerprint density at radius 3 is 2.28 bits per heavy atom. The van der Waals surface area contributed by atoms with E-state index < -0.39 is 28.3 Å². The molecule has 2 aliphatic rings. The fraction of sp³-hybridized carbons (Fsp3) is 0.375. The number of aliphatic hydroxyl groups excluding tert-OH is 1. The van der Waals surface area contributed by atoms with Gasteiger partial charge in [-0.05, 0) is 80.2 Å². The third-order valence-electron chi connectivity index (χ3n) is 9.66. The standard InChI is InChI=1S/C40H47N3O6S/c1-28-14-20-35(21-15-28)50(46,47)42-36(24-30-10-5-3-6-11-30)39(45)41-34-13-9-12-33(25-34)40-48-37(26-43-22-7-4-8-23-43)29(2)38(49-40)32-18-16-31(27-44)17-19-32/h3,5-6,9-21,25,29,36-38,40,42,44H,4,7-8,22-24,26-27H2,1-2H3,(H,41,45). The second-order valence-electron chi connectivity index (χ2n) is 13.5. The predicted octanol–water partition coefficient (Wildman–Crippen LogP) is 6.29. The fourth-order valence-electron chi connectivity index (χ4n) is 6.73. The van der Waals surface area contributed by atoms with Gasteiger partial charge in [0.15, 0.2) is 6.29 Å². The number of likely N-dealkylation sites (tertiary alicyclic amines) is 1. The van der Waals surface area contributed by atoms with Crippen molar-refractivity contribution in [2.24, 2.45) is 5.92 Å². The molecule has 0 radical (unpaired) electrons. The van der Waals surface area contributed by atoms with Crippen molar-refractivity contribution in [2.45, 2.75) is 75.6 Å². The number of nitrogens with zero attached hydrogens (tertiary/aromatic N) is 1. The number of nitrogens with one attached hydrogen (secondary N) is 2. The first-order valence-corrected chi connectivity index (χ1v) is 18.9. The fourth-order valence-corrected chi connectivity index (χ4v) is 7.92. The number of piperidine rings is 1. The first-order valence-electron chi connectivity index (χ1n) is 17.5. The Hall–Kier alpha value is -3.90. The van der Waals surface area contributed by atoms with E-state index in [4.69, 9.17) is 9.47 Å². The van der Waals surface area contributed by atoms with E-state index in [-0.39, 0.29) is 36.0 Å². The predicted molar refractivity (Wildman–Crippen MR) is 194 cm³/mol. The van der Waals surface area contributed by atoms with Crippen LogP contribution in [0.3, 0.4) is 0 Å². The van der Waals surface area contributed by atoms with E-state index >= 15 is 0 Å². The Labute approximate surface area is 295 Å². The highest BCUT2D eigenvalue weighted by Gasteiger charge is 2.39. The SMILES string of the molecule is Cc1ccc(S(=O)(=O)NC(Cc2ccccc2)C(=O)Nc2cccc(C3OC(CN4CCCCC4)C(C)C(c4ccc(CO)cc4)O3)c2)cc1. The van der Waals surface area contributed by atoms with Crippen LogP contribution in [-0.4, -0.2) is 56.1 Å². The number of anilines is 1. The van der Waals surface area contributed by atoms with Crippen molar-refractivity contribution in [1.29, 1.82) is 0 Å². The molecule has 5 atom stereocenters. The molecule has 264 valence electrons. The minimum atomic E-state index is -3.99. The van der Waals surface area contributed by atoms with Gasteiger partial charge < -0.3 is 24.8 Å². The van der Waals surface area contributed by atoms with Crippen molar-refractivity contribution in [3.05, 3.63) is 131 Å². The first kappa shape index (κ1) is 35.9. The van der Waals surface area contributed by atoms with Crippen LogP contribution in [0.4, 0.5) is 5.69 Å². The van der Waals surface area contributed by atoms with Gasteiger partial charge >= 0.3 is 0 Å². The number of hydrogen-bond donors (Lipinski definition) is 3. The van der Waals surface area contributed by atoms with Crippen molar-refractivity contribution < 1.29 is 27.8 Å². The molecule has 4 aromatic carbocycles. The zero-order chi connectivity index (χ0) is 35.1. The van der Waals surface area contributed by atoms with Gasteiger partial charge in [-0.15, -0.1) is 0 Å². The largest absolute Gasteiger partial charge is 0.392 e. The maximum Gasteiger partial charge on any atom is 0.242 e. The number of ether oxygens (including phenoxy) is 2. The summed E-state index contributed by atoms with van der Waals surface area (Å²) in [4.78, 5) is 16.4. The molecule has 0 saturated carbocycles. The molecule has 2 saturated heterocycles. The van der Waals surface area contributed by atoms with Crippen molar-refractivity contribution in [3.63, 3.8) is 0 Å². The summed E-state index contributed by atoms with van der Waals surface area (Å²) in [7, 11) is -3.99. The molecule has 6 rings (SSSR count). The Morgan fingerprint density at radius 2 is 1.58 bits per heavy atom. The maximum atomic E-state index is 13.8. The highest BCUT2D eigenvalue weighted by atomic mass is 32.2. The maximum absolute atomic E-state index is 13.8. The van der Waals surface area contributed by atoms with Crippen LogP contribution in [0.25, 0.3) is 0 Å². The van der Waals surface area contributed by atoms with Crippen LogP contribution in [-0.2, 0) is 37.3 Å². The quantitative estimate of drug-likeness (QED) is 0.159. The number of benzene rings is 4. The second kappa shape index (κ2) is 16.4. The highest BCUT2D eigenvalue weighted by molar-refractivity contribution is 7.89. The van der Waals surface area contributed by atoms with E-state index in [0.717, 1.165) is 47.5 Å². The van der Waals surface area contributed by atoms with Gasteiger partial charge in [-0.3, -0.25) is 4.79 Å². The van der Waals surface area contributed by atoms with Gasteiger partial charge in [-0.2, -0.15) is 4.72 Å². The highest BCUT2D eigenvalue weighted by Crippen LogP contribution is 2.42. The molecule has 9 nitrogen and oxygen atoms in total. The monoisotopic (exact) mass is 697 g/mol. The van der Waals surface area contributed by atoms with Gasteiger partial charge in [0.1, 0.15) is 6.04 Å². The Kier molecular flexibility index (Phi) is 11.8. The molecule has 5 unspecified atom stereocenters. The van der Waals surface area contributed by atoms with E-state index in [2.05, 4.69) is 21.9 Å². The summed E-state index contributed by atoms with van der Waals surface area (Å²) in [5.74, 6) is -0.415. The second-order valence-corrected chi connectivity index (χ2v) is 15.2. The van der Waals surface area contributed by atoms with E-state index in [1.807, 2.05) is 79.7 Å². The van der Waals surface area contributed by atoms with Crippen molar-refractivity contribution in [3.8, 4) is 0 Å². The van der Waals surface area contributed by atoms with Crippen LogP contribution in [0.1, 0.15) is 66.4 Å². The van der Waals surface area contributed by atoms with Crippen LogP contribution in [0.15, 0.2) is 108 Å². The van der Waals surface area contributed by atoms with Gasteiger partial charge in [0.2, 0.25) is 15.9 Å². The van der Waals surface area contributed by atoms with Crippen LogP contribution in [0.2, 0.25) is 0 Å². The molecule has 4 aromatic rings. The summed E-state index contributed by atoms with van der Waals surface area (Å²) >= 11 is 0. The van der Waals surface area contributed by atoms with Gasteiger partial charge in [-0.25, -0.2) is 8.42 Å². The first-order chi connectivity index (χ1) is 24.2. The lowest BCUT2D eigenvalue weighted by Gasteiger charge is -2.43. The Morgan fingerprint density at radius 1 is 0.860 bits per heavy atom. The number of aryl methyl sites for hydroxylation is 1. The number of carbonyl (C=O) groups excluding carboxylic acids is 1. The average molecular weight is 698 g/mol. The Bertz CT molecular complexity index is 1810. The molecule has 10 heteroatoms. The summed E-state index contributed by atoms with van der Waals surface area (Å²) < 4.78 is 42.8. The lowest BCUT2D eigenvalue weighted by atomic mass is 9.89. The van der Waals surface area contributed by atoms with Crippen molar-refractivity contribution in [1.82, 2.24) is 9.62 Å². The van der Waals surface area contributed by atoms with E-state index in [1.54, 1.807) is 18.2 Å². The number of carbonyl (C=O) groups is 1. The molecule has 0 spiro atoms. The van der Waals surface area contributed by atoms with Crippen molar-refractivity contribution >= 4 is 21.6 Å². The number of sulfonamides is 1. The molecule has 3 N–H and O–H groups in total. The summed E-state index contributed by atoms with van der Waals surface area (Å²) in [6, 6.07) is 30.0. The van der Waals surface area contributed by atoms with Gasteiger partial charge in [0, 0.05) is 23.7 Å². The molecule has 2 fully saturated rings. The smallest absolute Gasteiger partial charge is 0.242 e. The molecule has 2 heterocycles. The van der Waals surface area contributed by atoms with Crippen LogP contribution in [0.5, 0.6) is 0 Å². The Balaban J connectivity index is 1.23. The molecular weight excluding hydrogens is 651 g/mol. The summed E-state index contributed by atoms with van der Waals surface area (Å²) in [6.07, 6.45) is 2.74. The molecule has 50 heavy (non-hydrogen) atoms. The minimum absolute atomic E-state index is 0.0250. The van der Waals surface area contributed by atoms with E-state index in [9.17, 15) is 18.3 Å². The number of aliphatic hydroxyl groups is 1. The zero-order valence-electron chi connectivity index (χ0n) is 28.7. The lowest BCUT2D eigenvalue weighted by molar-refractivity contribution is -0.276.